The molecule has 0 aromatic carbocycles. The van der Waals surface area contributed by atoms with Gasteiger partial charge < -0.3 is 5.32 Å². The second kappa shape index (κ2) is 13.2. The van der Waals surface area contributed by atoms with Crippen molar-refractivity contribution in [1.82, 2.24) is 5.32 Å². The SMILES string of the molecule is C=C(CCCCCCC(C)(C)S(C)(C)CS(C)(C)CCCC)NC1CC(C)(C)CC(C)(CC)C1. The minimum absolute atomic E-state index is 0.441. The molecule has 0 bridgehead atoms. The van der Waals surface area contributed by atoms with E-state index in [2.05, 4.69) is 85.4 Å². The average molecular weight is 516 g/mol. The van der Waals surface area contributed by atoms with Crippen LogP contribution >= 0.6 is 20.1 Å². The number of hydrogen-bond donors (Lipinski definition) is 1. The third-order valence-corrected chi connectivity index (χ3v) is 18.4. The van der Waals surface area contributed by atoms with E-state index in [0.29, 0.717) is 21.6 Å². The highest BCUT2D eigenvalue weighted by molar-refractivity contribution is 8.48. The third kappa shape index (κ3) is 11.1. The van der Waals surface area contributed by atoms with Crippen LogP contribution in [0.2, 0.25) is 0 Å². The first-order valence-corrected chi connectivity index (χ1v) is 19.7. The maximum absolute atomic E-state index is 4.41. The topological polar surface area (TPSA) is 12.0 Å². The molecule has 206 valence electrons. The van der Waals surface area contributed by atoms with Gasteiger partial charge in [-0.25, -0.2) is 20.1 Å². The molecule has 2 atom stereocenters. The van der Waals surface area contributed by atoms with E-state index in [1.165, 1.54) is 87.2 Å². The van der Waals surface area contributed by atoms with Gasteiger partial charge in [0.25, 0.3) is 0 Å². The second-order valence-electron chi connectivity index (χ2n) is 14.5. The maximum atomic E-state index is 4.41. The summed E-state index contributed by atoms with van der Waals surface area (Å²) in [4.78, 5) is 0. The van der Waals surface area contributed by atoms with Crippen molar-refractivity contribution in [3.63, 3.8) is 0 Å². The van der Waals surface area contributed by atoms with Crippen LogP contribution in [0.5, 0.6) is 0 Å². The zero-order chi connectivity index (χ0) is 26.3. The van der Waals surface area contributed by atoms with Crippen LogP contribution in [-0.2, 0) is 0 Å². The van der Waals surface area contributed by atoms with Crippen molar-refractivity contribution in [3.05, 3.63) is 12.3 Å². The van der Waals surface area contributed by atoms with E-state index in [9.17, 15) is 0 Å². The second-order valence-corrected chi connectivity index (χ2v) is 23.6. The van der Waals surface area contributed by atoms with Crippen molar-refractivity contribution in [2.75, 3.05) is 35.9 Å². The van der Waals surface area contributed by atoms with Gasteiger partial charge >= 0.3 is 0 Å². The van der Waals surface area contributed by atoms with Crippen molar-refractivity contribution < 1.29 is 0 Å². The minimum atomic E-state index is -0.579. The van der Waals surface area contributed by atoms with E-state index in [0.717, 1.165) is 6.42 Å². The van der Waals surface area contributed by atoms with E-state index in [1.807, 2.05) is 0 Å². The Hall–Kier alpha value is 0.240. The molecule has 2 unspecified atom stereocenters. The molecule has 0 aromatic rings. The van der Waals surface area contributed by atoms with Crippen LogP contribution in [0.25, 0.3) is 0 Å². The Bertz CT molecular complexity index is 619. The van der Waals surface area contributed by atoms with Crippen molar-refractivity contribution in [2.45, 2.75) is 136 Å². The van der Waals surface area contributed by atoms with Gasteiger partial charge in [-0.15, -0.1) is 0 Å². The van der Waals surface area contributed by atoms with E-state index < -0.39 is 20.1 Å². The first kappa shape index (κ1) is 32.3. The molecule has 1 nitrogen and oxygen atoms in total. The molecule has 0 saturated heterocycles. The summed E-state index contributed by atoms with van der Waals surface area (Å²) in [5.41, 5.74) is 2.20. The fourth-order valence-corrected chi connectivity index (χ4v) is 16.3. The maximum Gasteiger partial charge on any atom is 0.0268 e. The van der Waals surface area contributed by atoms with Crippen LogP contribution in [0.3, 0.4) is 0 Å². The molecule has 34 heavy (non-hydrogen) atoms. The molecule has 3 heteroatoms. The Morgan fingerprint density at radius 3 is 2.15 bits per heavy atom. The minimum Gasteiger partial charge on any atom is -0.386 e. The number of hydrogen-bond acceptors (Lipinski definition) is 1. The Balaban J connectivity index is 2.36. The summed E-state index contributed by atoms with van der Waals surface area (Å²) in [5, 5.41) is 5.34. The summed E-state index contributed by atoms with van der Waals surface area (Å²) in [6.07, 6.45) is 26.4. The van der Waals surface area contributed by atoms with Crippen LogP contribution in [0, 0.1) is 10.8 Å². The molecule has 1 rings (SSSR count). The molecule has 0 aliphatic heterocycles. The smallest absolute Gasteiger partial charge is 0.0268 e. The van der Waals surface area contributed by atoms with Gasteiger partial charge in [0.15, 0.2) is 0 Å². The normalized spacial score (nSPS) is 24.6. The quantitative estimate of drug-likeness (QED) is 0.202. The lowest BCUT2D eigenvalue weighted by Crippen LogP contribution is -2.44. The van der Waals surface area contributed by atoms with Crippen LogP contribution in [0.1, 0.15) is 126 Å². The number of unbranched alkanes of at least 4 members (excludes halogenated alkanes) is 4. The summed E-state index contributed by atoms with van der Waals surface area (Å²) in [6.45, 7) is 21.6. The average Bonchev–Trinajstić information content (AvgIpc) is 2.66. The van der Waals surface area contributed by atoms with E-state index >= 15 is 0 Å². The predicted molar refractivity (Wildman–Crippen MR) is 167 cm³/mol. The van der Waals surface area contributed by atoms with Crippen LogP contribution in [0.4, 0.5) is 0 Å². The highest BCUT2D eigenvalue weighted by atomic mass is 32.3. The zero-order valence-corrected chi connectivity index (χ0v) is 27.1. The highest BCUT2D eigenvalue weighted by Crippen LogP contribution is 2.63. The van der Waals surface area contributed by atoms with Gasteiger partial charge in [-0.05, 0) is 91.3 Å². The van der Waals surface area contributed by atoms with Gasteiger partial charge in [-0.1, -0.05) is 87.1 Å². The highest BCUT2D eigenvalue weighted by Gasteiger charge is 2.40. The van der Waals surface area contributed by atoms with Crippen LogP contribution < -0.4 is 5.32 Å². The zero-order valence-electron chi connectivity index (χ0n) is 25.5. The van der Waals surface area contributed by atoms with E-state index in [4.69, 9.17) is 0 Å². The van der Waals surface area contributed by atoms with Crippen LogP contribution in [0.15, 0.2) is 12.3 Å². The van der Waals surface area contributed by atoms with Crippen molar-refractivity contribution in [2.24, 2.45) is 10.8 Å². The Morgan fingerprint density at radius 1 is 0.941 bits per heavy atom. The number of rotatable bonds is 16. The van der Waals surface area contributed by atoms with Crippen molar-refractivity contribution in [3.8, 4) is 0 Å². The molecule has 1 fully saturated rings. The molecular weight excluding hydrogens is 450 g/mol. The van der Waals surface area contributed by atoms with E-state index in [-0.39, 0.29) is 0 Å². The molecule has 1 aliphatic rings. The molecule has 0 radical (unpaired) electrons. The molecule has 1 aliphatic carbocycles. The summed E-state index contributed by atoms with van der Waals surface area (Å²) in [7, 11) is -1.02. The molecular formula is C31H65NS2. The molecule has 1 saturated carbocycles. The third-order valence-electron chi connectivity index (χ3n) is 8.87. The van der Waals surface area contributed by atoms with E-state index in [1.54, 1.807) is 0 Å². The monoisotopic (exact) mass is 515 g/mol. The molecule has 0 aromatic heterocycles. The van der Waals surface area contributed by atoms with Gasteiger partial charge in [0.1, 0.15) is 0 Å². The number of nitrogens with one attached hydrogen (secondary N) is 1. The summed E-state index contributed by atoms with van der Waals surface area (Å²) in [5.74, 6) is 1.46. The lowest BCUT2D eigenvalue weighted by atomic mass is 9.61. The summed E-state index contributed by atoms with van der Waals surface area (Å²) >= 11 is 0. The molecule has 0 amide bonds. The molecule has 1 N–H and O–H groups in total. The Kier molecular flexibility index (Phi) is 12.5. The lowest BCUT2D eigenvalue weighted by Gasteiger charge is -2.52. The van der Waals surface area contributed by atoms with Gasteiger partial charge in [0.05, 0.1) is 0 Å². The van der Waals surface area contributed by atoms with Gasteiger partial charge in [-0.2, -0.15) is 0 Å². The largest absolute Gasteiger partial charge is 0.386 e. The predicted octanol–water partition coefficient (Wildman–Crippen LogP) is 10.1. The summed E-state index contributed by atoms with van der Waals surface area (Å²) in [6, 6.07) is 0.607. The fraction of sp³-hybridized carbons (Fsp3) is 0.935. The lowest BCUT2D eigenvalue weighted by molar-refractivity contribution is 0.0708. The molecule has 0 heterocycles. The van der Waals surface area contributed by atoms with Crippen molar-refractivity contribution >= 4 is 20.1 Å². The van der Waals surface area contributed by atoms with Crippen molar-refractivity contribution in [1.29, 1.82) is 0 Å². The van der Waals surface area contributed by atoms with Gasteiger partial charge in [0, 0.05) is 16.8 Å². The number of allylic oxidation sites excluding steroid dienone is 1. The van der Waals surface area contributed by atoms with Gasteiger partial charge in [0.2, 0.25) is 0 Å². The Morgan fingerprint density at radius 2 is 1.56 bits per heavy atom. The Labute approximate surface area is 220 Å². The standard InChI is InChI=1S/C31H65NS2/c1-13-15-22-33(9,10)26-34(11,12)30(6,7)21-19-17-16-18-20-27(3)32-28-23-29(4,5)25-31(8,14-2)24-28/h28,32H,3,13-26H2,1-2,4-12H3. The first-order valence-electron chi connectivity index (χ1n) is 14.3. The summed E-state index contributed by atoms with van der Waals surface area (Å²) < 4.78 is 0.494. The van der Waals surface area contributed by atoms with Crippen LogP contribution in [-0.4, -0.2) is 46.6 Å². The molecule has 0 spiro atoms. The first-order chi connectivity index (χ1) is 15.5. The fourth-order valence-electron chi connectivity index (χ4n) is 6.44. The van der Waals surface area contributed by atoms with Gasteiger partial charge in [-0.3, -0.25) is 0 Å².